The van der Waals surface area contributed by atoms with Gasteiger partial charge in [0.15, 0.2) is 4.96 Å². The van der Waals surface area contributed by atoms with Crippen molar-refractivity contribution >= 4 is 37.9 Å². The number of imidazole rings is 1. The van der Waals surface area contributed by atoms with Gasteiger partial charge in [-0.1, -0.05) is 37.6 Å². The number of benzene rings is 2. The Kier molecular flexibility index (Phi) is 6.14. The Morgan fingerprint density at radius 3 is 2.62 bits per heavy atom. The van der Waals surface area contributed by atoms with Gasteiger partial charge in [0.25, 0.3) is 15.9 Å². The lowest BCUT2D eigenvalue weighted by Crippen LogP contribution is -2.28. The zero-order chi connectivity index (χ0) is 23.7. The molecule has 1 aliphatic rings. The highest BCUT2D eigenvalue weighted by Crippen LogP contribution is 2.27. The van der Waals surface area contributed by atoms with Gasteiger partial charge in [-0.25, -0.2) is 13.4 Å². The van der Waals surface area contributed by atoms with Crippen LogP contribution in [0.5, 0.6) is 0 Å². The van der Waals surface area contributed by atoms with E-state index in [1.54, 1.807) is 30.3 Å². The summed E-state index contributed by atoms with van der Waals surface area (Å²) in [5.41, 5.74) is 3.65. The van der Waals surface area contributed by atoms with Crippen LogP contribution in [0.25, 0.3) is 16.2 Å². The number of hydrogen-bond donors (Lipinski definition) is 1. The first kappa shape index (κ1) is 22.6. The van der Waals surface area contributed by atoms with Gasteiger partial charge in [-0.3, -0.25) is 13.9 Å². The van der Waals surface area contributed by atoms with Crippen LogP contribution in [0.15, 0.2) is 65.0 Å². The van der Waals surface area contributed by atoms with E-state index in [1.165, 1.54) is 11.3 Å². The molecule has 0 bridgehead atoms. The fourth-order valence-electron chi connectivity index (χ4n) is 4.24. The average Bonchev–Trinajstić information content (AvgIpc) is 3.57. The highest BCUT2D eigenvalue weighted by Gasteiger charge is 2.23. The first-order chi connectivity index (χ1) is 16.4. The standard InChI is InChI=1S/C25H26N4O3S2/c1-2-6-18-9-11-21(12-10-18)34(31,32)27-20-8-5-7-19(15-20)22-16-29-23(17-33-25(29)26-22)24(30)28-13-3-4-14-28/h5,7-12,15-17,27H,2-4,6,13-14H2,1H3. The molecule has 34 heavy (non-hydrogen) atoms. The van der Waals surface area contributed by atoms with Gasteiger partial charge in [-0.2, -0.15) is 0 Å². The molecule has 1 saturated heterocycles. The van der Waals surface area contributed by atoms with Crippen molar-refractivity contribution in [3.63, 3.8) is 0 Å². The maximum Gasteiger partial charge on any atom is 0.271 e. The van der Waals surface area contributed by atoms with E-state index < -0.39 is 10.0 Å². The molecule has 4 aromatic rings. The molecule has 0 spiro atoms. The zero-order valence-electron chi connectivity index (χ0n) is 18.9. The zero-order valence-corrected chi connectivity index (χ0v) is 20.5. The number of aromatic nitrogens is 2. The predicted molar refractivity (Wildman–Crippen MR) is 135 cm³/mol. The summed E-state index contributed by atoms with van der Waals surface area (Å²) in [5, 5.41) is 1.85. The van der Waals surface area contributed by atoms with Crippen LogP contribution in [-0.4, -0.2) is 41.7 Å². The van der Waals surface area contributed by atoms with Crippen molar-refractivity contribution in [2.75, 3.05) is 17.8 Å². The molecule has 2 aromatic heterocycles. The summed E-state index contributed by atoms with van der Waals surface area (Å²) in [6.45, 7) is 3.68. The molecule has 7 nitrogen and oxygen atoms in total. The minimum atomic E-state index is -3.71. The number of carbonyl (C=O) groups is 1. The molecule has 176 valence electrons. The molecular formula is C25H26N4O3S2. The van der Waals surface area contributed by atoms with E-state index in [1.807, 2.05) is 39.1 Å². The molecule has 3 heterocycles. The lowest BCUT2D eigenvalue weighted by Gasteiger charge is -2.14. The van der Waals surface area contributed by atoms with E-state index in [0.29, 0.717) is 17.1 Å². The van der Waals surface area contributed by atoms with Crippen LogP contribution in [0.3, 0.4) is 0 Å². The number of fused-ring (bicyclic) bond motifs is 1. The Morgan fingerprint density at radius 2 is 1.88 bits per heavy atom. The molecule has 0 atom stereocenters. The molecular weight excluding hydrogens is 468 g/mol. The monoisotopic (exact) mass is 494 g/mol. The van der Waals surface area contributed by atoms with Gasteiger partial charge in [0.05, 0.1) is 10.6 Å². The van der Waals surface area contributed by atoms with E-state index >= 15 is 0 Å². The first-order valence-electron chi connectivity index (χ1n) is 11.4. The lowest BCUT2D eigenvalue weighted by atomic mass is 10.1. The Bertz CT molecular complexity index is 1430. The first-order valence-corrected chi connectivity index (χ1v) is 13.8. The number of nitrogens with one attached hydrogen (secondary N) is 1. The highest BCUT2D eigenvalue weighted by molar-refractivity contribution is 7.92. The van der Waals surface area contributed by atoms with E-state index in [4.69, 9.17) is 0 Å². The molecule has 0 radical (unpaired) electrons. The van der Waals surface area contributed by atoms with Crippen LogP contribution in [0.4, 0.5) is 5.69 Å². The van der Waals surface area contributed by atoms with Gasteiger partial charge in [0, 0.05) is 35.9 Å². The van der Waals surface area contributed by atoms with Crippen LogP contribution in [0.2, 0.25) is 0 Å². The molecule has 1 fully saturated rings. The summed E-state index contributed by atoms with van der Waals surface area (Å²) >= 11 is 1.43. The third-order valence-corrected chi connectivity index (χ3v) is 8.24. The lowest BCUT2D eigenvalue weighted by molar-refractivity contribution is 0.0786. The third-order valence-electron chi connectivity index (χ3n) is 6.00. The number of rotatable bonds is 7. The maximum atomic E-state index is 12.9. The van der Waals surface area contributed by atoms with Crippen LogP contribution < -0.4 is 4.72 Å². The number of carbonyl (C=O) groups excluding carboxylic acids is 1. The Hall–Kier alpha value is -3.17. The molecule has 1 amide bonds. The number of nitrogens with zero attached hydrogens (tertiary/aromatic N) is 3. The number of aryl methyl sites for hydroxylation is 1. The van der Waals surface area contributed by atoms with Gasteiger partial charge in [0.2, 0.25) is 0 Å². The number of anilines is 1. The molecule has 1 aliphatic heterocycles. The van der Waals surface area contributed by atoms with E-state index in [-0.39, 0.29) is 10.8 Å². The molecule has 5 rings (SSSR count). The Morgan fingerprint density at radius 1 is 1.12 bits per heavy atom. The number of hydrogen-bond acceptors (Lipinski definition) is 5. The van der Waals surface area contributed by atoms with Crippen LogP contribution >= 0.6 is 11.3 Å². The number of amides is 1. The van der Waals surface area contributed by atoms with Crippen molar-refractivity contribution in [1.29, 1.82) is 0 Å². The van der Waals surface area contributed by atoms with Crippen molar-refractivity contribution in [3.05, 3.63) is 71.4 Å². The number of likely N-dealkylation sites (tertiary alicyclic amines) is 1. The van der Waals surface area contributed by atoms with Gasteiger partial charge >= 0.3 is 0 Å². The van der Waals surface area contributed by atoms with Gasteiger partial charge in [-0.15, -0.1) is 11.3 Å². The van der Waals surface area contributed by atoms with Crippen molar-refractivity contribution in [3.8, 4) is 11.3 Å². The summed E-state index contributed by atoms with van der Waals surface area (Å²) in [6, 6.07) is 14.1. The summed E-state index contributed by atoms with van der Waals surface area (Å²) in [7, 11) is -3.71. The second-order valence-electron chi connectivity index (χ2n) is 8.48. The maximum absolute atomic E-state index is 12.9. The van der Waals surface area contributed by atoms with Gasteiger partial charge in [0.1, 0.15) is 5.69 Å². The fourth-order valence-corrected chi connectivity index (χ4v) is 6.14. The summed E-state index contributed by atoms with van der Waals surface area (Å²) in [6.07, 6.45) is 5.86. The molecule has 0 aliphatic carbocycles. The second kappa shape index (κ2) is 9.23. The van der Waals surface area contributed by atoms with Gasteiger partial charge in [-0.05, 0) is 49.1 Å². The van der Waals surface area contributed by atoms with Crippen LogP contribution in [0, 0.1) is 0 Å². The summed E-state index contributed by atoms with van der Waals surface area (Å²) in [5.74, 6) is 0.0270. The third kappa shape index (κ3) is 4.45. The smallest absolute Gasteiger partial charge is 0.271 e. The minimum Gasteiger partial charge on any atom is -0.337 e. The minimum absolute atomic E-state index is 0.0270. The van der Waals surface area contributed by atoms with Gasteiger partial charge < -0.3 is 4.90 Å². The fraction of sp³-hybridized carbons (Fsp3) is 0.280. The quantitative estimate of drug-likeness (QED) is 0.390. The summed E-state index contributed by atoms with van der Waals surface area (Å²) < 4.78 is 30.3. The molecule has 0 unspecified atom stereocenters. The van der Waals surface area contributed by atoms with E-state index in [9.17, 15) is 13.2 Å². The predicted octanol–water partition coefficient (Wildman–Crippen LogP) is 5.05. The van der Waals surface area contributed by atoms with E-state index in [0.717, 1.165) is 54.9 Å². The topological polar surface area (TPSA) is 83.8 Å². The SMILES string of the molecule is CCCc1ccc(S(=O)(=O)Nc2cccc(-c3cn4c(C(=O)N5CCCC5)csc4n3)c2)cc1. The van der Waals surface area contributed by atoms with Crippen molar-refractivity contribution in [2.45, 2.75) is 37.5 Å². The average molecular weight is 495 g/mol. The normalized spacial score (nSPS) is 14.1. The number of sulfonamides is 1. The second-order valence-corrected chi connectivity index (χ2v) is 11.0. The Labute approximate surface area is 203 Å². The molecule has 9 heteroatoms. The van der Waals surface area contributed by atoms with Crippen molar-refractivity contribution in [1.82, 2.24) is 14.3 Å². The molecule has 0 saturated carbocycles. The highest BCUT2D eigenvalue weighted by atomic mass is 32.2. The molecule has 2 aromatic carbocycles. The Balaban J connectivity index is 1.39. The van der Waals surface area contributed by atoms with Crippen molar-refractivity contribution < 1.29 is 13.2 Å². The van der Waals surface area contributed by atoms with Crippen LogP contribution in [-0.2, 0) is 16.4 Å². The van der Waals surface area contributed by atoms with E-state index in [2.05, 4.69) is 16.6 Å². The molecule has 1 N–H and O–H groups in total. The van der Waals surface area contributed by atoms with Crippen LogP contribution in [0.1, 0.15) is 42.2 Å². The summed E-state index contributed by atoms with van der Waals surface area (Å²) in [4.78, 5) is 20.4. The number of thiazole rings is 1. The van der Waals surface area contributed by atoms with Crippen molar-refractivity contribution in [2.24, 2.45) is 0 Å². The largest absolute Gasteiger partial charge is 0.337 e.